The summed E-state index contributed by atoms with van der Waals surface area (Å²) in [7, 11) is 0. The number of hydrogen-bond donors (Lipinski definition) is 1. The van der Waals surface area contributed by atoms with Crippen molar-refractivity contribution in [2.24, 2.45) is 0 Å². The molecule has 1 heterocycles. The lowest BCUT2D eigenvalue weighted by Gasteiger charge is -2.03. The van der Waals surface area contributed by atoms with E-state index in [2.05, 4.69) is 22.0 Å². The maximum atomic E-state index is 5.78. The maximum absolute atomic E-state index is 5.78. The molecule has 66 valence electrons. The fourth-order valence-corrected chi connectivity index (χ4v) is 3.44. The highest BCUT2D eigenvalue weighted by Crippen LogP contribution is 2.41. The molecule has 0 spiro atoms. The Morgan fingerprint density at radius 2 is 2.08 bits per heavy atom. The van der Waals surface area contributed by atoms with E-state index in [1.807, 2.05) is 0 Å². The molecule has 1 aromatic rings. The molecule has 3 heteroatoms. The number of anilines is 1. The van der Waals surface area contributed by atoms with Crippen LogP contribution < -0.4 is 5.73 Å². The molecule has 1 saturated carbocycles. The van der Waals surface area contributed by atoms with Crippen molar-refractivity contribution in [3.05, 3.63) is 15.4 Å². The van der Waals surface area contributed by atoms with Crippen LogP contribution in [0.1, 0.15) is 36.5 Å². The van der Waals surface area contributed by atoms with E-state index in [4.69, 9.17) is 5.73 Å². The Kier molecular flexibility index (Phi) is 2.42. The van der Waals surface area contributed by atoms with Crippen LogP contribution in [-0.4, -0.2) is 0 Å². The number of rotatable bonds is 1. The molecule has 1 aliphatic rings. The standard InChI is InChI=1S/C9H12BrNS/c10-7-5-8(12-9(7)11)6-3-1-2-4-6/h5-6H,1-4,11H2. The normalized spacial score (nSPS) is 18.8. The average molecular weight is 246 g/mol. The highest BCUT2D eigenvalue weighted by atomic mass is 79.9. The summed E-state index contributed by atoms with van der Waals surface area (Å²) in [6.45, 7) is 0. The first kappa shape index (κ1) is 8.57. The summed E-state index contributed by atoms with van der Waals surface area (Å²) in [4.78, 5) is 1.47. The van der Waals surface area contributed by atoms with Gasteiger partial charge in [0.25, 0.3) is 0 Å². The molecule has 1 aromatic heterocycles. The van der Waals surface area contributed by atoms with Gasteiger partial charge in [0.2, 0.25) is 0 Å². The van der Waals surface area contributed by atoms with E-state index in [-0.39, 0.29) is 0 Å². The molecule has 1 fully saturated rings. The number of nitrogens with two attached hydrogens (primary N) is 1. The Morgan fingerprint density at radius 1 is 1.42 bits per heavy atom. The zero-order chi connectivity index (χ0) is 8.55. The Bertz CT molecular complexity index is 257. The van der Waals surface area contributed by atoms with Crippen LogP contribution in [0.5, 0.6) is 0 Å². The average Bonchev–Trinajstić information content (AvgIpc) is 2.61. The van der Waals surface area contributed by atoms with Gasteiger partial charge in [0.05, 0.1) is 4.47 Å². The van der Waals surface area contributed by atoms with Gasteiger partial charge in [0.15, 0.2) is 0 Å². The van der Waals surface area contributed by atoms with E-state index in [9.17, 15) is 0 Å². The van der Waals surface area contributed by atoms with E-state index in [1.54, 1.807) is 11.3 Å². The van der Waals surface area contributed by atoms with Crippen LogP contribution in [0, 0.1) is 0 Å². The second-order valence-corrected chi connectivity index (χ2v) is 5.31. The summed E-state index contributed by atoms with van der Waals surface area (Å²) in [5, 5.41) is 0.928. The largest absolute Gasteiger partial charge is 0.390 e. The SMILES string of the molecule is Nc1sc(C2CCCC2)cc1Br. The van der Waals surface area contributed by atoms with Gasteiger partial charge >= 0.3 is 0 Å². The van der Waals surface area contributed by atoms with Gasteiger partial charge in [-0.3, -0.25) is 0 Å². The van der Waals surface area contributed by atoms with E-state index in [0.29, 0.717) is 0 Å². The predicted octanol–water partition coefficient (Wildman–Crippen LogP) is 3.75. The smallest absolute Gasteiger partial charge is 0.100 e. The second-order valence-electron chi connectivity index (χ2n) is 3.34. The van der Waals surface area contributed by atoms with Gasteiger partial charge in [-0.1, -0.05) is 12.8 Å². The Hall–Kier alpha value is -0.0200. The van der Waals surface area contributed by atoms with Gasteiger partial charge < -0.3 is 5.73 Å². The predicted molar refractivity (Wildman–Crippen MR) is 57.6 cm³/mol. The van der Waals surface area contributed by atoms with Crippen LogP contribution >= 0.6 is 27.3 Å². The minimum Gasteiger partial charge on any atom is -0.390 e. The summed E-state index contributed by atoms with van der Waals surface area (Å²) < 4.78 is 1.08. The summed E-state index contributed by atoms with van der Waals surface area (Å²) in [6.07, 6.45) is 5.49. The van der Waals surface area contributed by atoms with Crippen LogP contribution in [0.2, 0.25) is 0 Å². The minimum absolute atomic E-state index is 0.795. The van der Waals surface area contributed by atoms with E-state index in [0.717, 1.165) is 15.4 Å². The van der Waals surface area contributed by atoms with Crippen molar-refractivity contribution in [3.8, 4) is 0 Å². The molecule has 2 rings (SSSR count). The molecular formula is C9H12BrNS. The molecule has 0 unspecified atom stereocenters. The monoisotopic (exact) mass is 245 g/mol. The van der Waals surface area contributed by atoms with Gasteiger partial charge in [0.1, 0.15) is 5.00 Å². The summed E-state index contributed by atoms with van der Waals surface area (Å²) in [6, 6.07) is 2.19. The molecule has 0 atom stereocenters. The van der Waals surface area contributed by atoms with Crippen LogP contribution in [0.4, 0.5) is 5.00 Å². The summed E-state index contributed by atoms with van der Waals surface area (Å²) in [5.41, 5.74) is 5.78. The van der Waals surface area contributed by atoms with E-state index < -0.39 is 0 Å². The number of thiophene rings is 1. The molecule has 0 bridgehead atoms. The first-order chi connectivity index (χ1) is 5.77. The molecule has 0 aromatic carbocycles. The molecule has 1 nitrogen and oxygen atoms in total. The van der Waals surface area contributed by atoms with Crippen LogP contribution in [0.25, 0.3) is 0 Å². The first-order valence-corrected chi connectivity index (χ1v) is 5.93. The zero-order valence-corrected chi connectivity index (χ0v) is 9.25. The van der Waals surface area contributed by atoms with E-state index >= 15 is 0 Å². The Balaban J connectivity index is 2.21. The molecule has 0 aliphatic heterocycles. The second kappa shape index (κ2) is 3.38. The lowest BCUT2D eigenvalue weighted by atomic mass is 10.1. The minimum atomic E-state index is 0.795. The van der Waals surface area contributed by atoms with Crippen molar-refractivity contribution in [1.82, 2.24) is 0 Å². The van der Waals surface area contributed by atoms with Gasteiger partial charge in [-0.25, -0.2) is 0 Å². The topological polar surface area (TPSA) is 26.0 Å². The van der Waals surface area contributed by atoms with Crippen LogP contribution in [-0.2, 0) is 0 Å². The molecule has 1 aliphatic carbocycles. The zero-order valence-electron chi connectivity index (χ0n) is 6.85. The quantitative estimate of drug-likeness (QED) is 0.802. The van der Waals surface area contributed by atoms with Crippen LogP contribution in [0.3, 0.4) is 0 Å². The van der Waals surface area contributed by atoms with Crippen molar-refractivity contribution < 1.29 is 0 Å². The number of nitrogen functional groups attached to an aromatic ring is 1. The third-order valence-electron chi connectivity index (χ3n) is 2.49. The van der Waals surface area contributed by atoms with Gasteiger partial charge in [-0.15, -0.1) is 11.3 Å². The molecule has 0 radical (unpaired) electrons. The molecule has 0 amide bonds. The van der Waals surface area contributed by atoms with Gasteiger partial charge in [0, 0.05) is 4.88 Å². The van der Waals surface area contributed by atoms with Gasteiger partial charge in [-0.2, -0.15) is 0 Å². The fraction of sp³-hybridized carbons (Fsp3) is 0.556. The lowest BCUT2D eigenvalue weighted by molar-refractivity contribution is 0.738. The van der Waals surface area contributed by atoms with Crippen molar-refractivity contribution in [2.45, 2.75) is 31.6 Å². The third-order valence-corrected chi connectivity index (χ3v) is 4.53. The molecular weight excluding hydrogens is 234 g/mol. The van der Waals surface area contributed by atoms with E-state index in [1.165, 1.54) is 30.6 Å². The lowest BCUT2D eigenvalue weighted by Crippen LogP contribution is -1.85. The summed E-state index contributed by atoms with van der Waals surface area (Å²) in [5.74, 6) is 0.795. The Morgan fingerprint density at radius 3 is 2.58 bits per heavy atom. The van der Waals surface area contributed by atoms with Crippen molar-refractivity contribution >= 4 is 32.3 Å². The van der Waals surface area contributed by atoms with Crippen LogP contribution in [0.15, 0.2) is 10.5 Å². The highest BCUT2D eigenvalue weighted by Gasteiger charge is 2.19. The first-order valence-electron chi connectivity index (χ1n) is 4.32. The third kappa shape index (κ3) is 1.52. The number of hydrogen-bond acceptors (Lipinski definition) is 2. The van der Waals surface area contributed by atoms with Crippen molar-refractivity contribution in [1.29, 1.82) is 0 Å². The fourth-order valence-electron chi connectivity index (χ4n) is 1.81. The highest BCUT2D eigenvalue weighted by molar-refractivity contribution is 9.10. The molecule has 2 N–H and O–H groups in total. The summed E-state index contributed by atoms with van der Waals surface area (Å²) >= 11 is 5.19. The maximum Gasteiger partial charge on any atom is 0.100 e. The molecule has 12 heavy (non-hydrogen) atoms. The molecule has 0 saturated heterocycles. The van der Waals surface area contributed by atoms with Gasteiger partial charge in [-0.05, 0) is 40.8 Å². The van der Waals surface area contributed by atoms with Crippen molar-refractivity contribution in [2.75, 3.05) is 5.73 Å². The van der Waals surface area contributed by atoms with Crippen molar-refractivity contribution in [3.63, 3.8) is 0 Å². The number of halogens is 1. The Labute approximate surface area is 85.1 Å².